The Balaban J connectivity index is 1.70. The zero-order valence-corrected chi connectivity index (χ0v) is 17.2. The van der Waals surface area contributed by atoms with Crippen LogP contribution >= 0.6 is 0 Å². The summed E-state index contributed by atoms with van der Waals surface area (Å²) < 4.78 is 27.0. The first-order chi connectivity index (χ1) is 14.2. The Labute approximate surface area is 170 Å². The topological polar surface area (TPSA) is 82.6 Å². The van der Waals surface area contributed by atoms with E-state index >= 15 is 0 Å². The molecule has 0 spiro atoms. The molecule has 2 N–H and O–H groups in total. The second-order valence-corrected chi connectivity index (χ2v) is 6.27. The van der Waals surface area contributed by atoms with Crippen molar-refractivity contribution in [1.82, 2.24) is 10.6 Å². The molecular weight excluding hydrogens is 374 g/mol. The lowest BCUT2D eigenvalue weighted by Crippen LogP contribution is -2.36. The van der Waals surface area contributed by atoms with Crippen LogP contribution in [0.3, 0.4) is 0 Å². The fraction of sp³-hybridized carbons (Fsp3) is 0.381. The van der Waals surface area contributed by atoms with Crippen LogP contribution in [0.1, 0.15) is 18.1 Å². The molecule has 1 aliphatic heterocycles. The Morgan fingerprint density at radius 3 is 2.31 bits per heavy atom. The Bertz CT molecular complexity index is 844. The van der Waals surface area contributed by atoms with Gasteiger partial charge in [-0.3, -0.25) is 0 Å². The zero-order chi connectivity index (χ0) is 20.6. The van der Waals surface area contributed by atoms with Gasteiger partial charge in [-0.2, -0.15) is 0 Å². The van der Waals surface area contributed by atoms with Crippen LogP contribution in [0, 0.1) is 0 Å². The van der Waals surface area contributed by atoms with Crippen LogP contribution in [0.5, 0.6) is 28.7 Å². The van der Waals surface area contributed by atoms with Crippen molar-refractivity contribution in [3.63, 3.8) is 0 Å². The lowest BCUT2D eigenvalue weighted by Gasteiger charge is -2.14. The van der Waals surface area contributed by atoms with E-state index in [0.29, 0.717) is 36.3 Å². The summed E-state index contributed by atoms with van der Waals surface area (Å²) in [5, 5.41) is 6.58. The third-order valence-corrected chi connectivity index (χ3v) is 4.39. The number of hydrogen-bond acceptors (Lipinski definition) is 6. The molecule has 0 unspecified atom stereocenters. The molecular formula is C21H27N3O5. The zero-order valence-electron chi connectivity index (χ0n) is 17.2. The maximum atomic E-state index is 5.43. The molecule has 0 bridgehead atoms. The van der Waals surface area contributed by atoms with E-state index in [9.17, 15) is 0 Å². The molecule has 0 fully saturated rings. The fourth-order valence-electron chi connectivity index (χ4n) is 2.98. The highest BCUT2D eigenvalue weighted by Gasteiger charge is 2.14. The minimum Gasteiger partial charge on any atom is -0.493 e. The van der Waals surface area contributed by atoms with E-state index in [4.69, 9.17) is 23.7 Å². The summed E-state index contributed by atoms with van der Waals surface area (Å²) in [4.78, 5) is 4.66. The summed E-state index contributed by atoms with van der Waals surface area (Å²) in [6.07, 6.45) is 0. The number of guanidine groups is 1. The van der Waals surface area contributed by atoms with Crippen molar-refractivity contribution in [2.45, 2.75) is 20.0 Å². The summed E-state index contributed by atoms with van der Waals surface area (Å²) in [6, 6.07) is 9.68. The van der Waals surface area contributed by atoms with E-state index in [1.54, 1.807) is 21.3 Å². The highest BCUT2D eigenvalue weighted by molar-refractivity contribution is 5.79. The first-order valence-electron chi connectivity index (χ1n) is 9.38. The molecule has 156 valence electrons. The maximum absolute atomic E-state index is 5.43. The predicted octanol–water partition coefficient (Wildman–Crippen LogP) is 2.70. The molecule has 8 heteroatoms. The Morgan fingerprint density at radius 2 is 1.66 bits per heavy atom. The van der Waals surface area contributed by atoms with E-state index in [2.05, 4.69) is 15.6 Å². The summed E-state index contributed by atoms with van der Waals surface area (Å²) >= 11 is 0. The van der Waals surface area contributed by atoms with Crippen LogP contribution < -0.4 is 34.3 Å². The number of ether oxygens (including phenoxy) is 5. The minimum absolute atomic E-state index is 0.269. The maximum Gasteiger partial charge on any atom is 0.231 e. The Hall–Kier alpha value is -3.29. The number of rotatable bonds is 8. The number of nitrogens with one attached hydrogen (secondary N) is 2. The van der Waals surface area contributed by atoms with Gasteiger partial charge in [0.05, 0.1) is 27.9 Å². The van der Waals surface area contributed by atoms with Gasteiger partial charge in [0.2, 0.25) is 12.5 Å². The first-order valence-corrected chi connectivity index (χ1v) is 9.38. The molecule has 2 aromatic rings. The van der Waals surface area contributed by atoms with Gasteiger partial charge in [0.15, 0.2) is 29.0 Å². The molecule has 3 rings (SSSR count). The number of fused-ring (bicyclic) bond motifs is 1. The lowest BCUT2D eigenvalue weighted by molar-refractivity contribution is 0.174. The molecule has 0 amide bonds. The average molecular weight is 401 g/mol. The molecule has 0 saturated carbocycles. The monoisotopic (exact) mass is 401 g/mol. The van der Waals surface area contributed by atoms with Crippen molar-refractivity contribution >= 4 is 5.96 Å². The molecule has 2 aromatic carbocycles. The van der Waals surface area contributed by atoms with E-state index in [0.717, 1.165) is 29.2 Å². The lowest BCUT2D eigenvalue weighted by atomic mass is 10.2. The largest absolute Gasteiger partial charge is 0.493 e. The van der Waals surface area contributed by atoms with Crippen molar-refractivity contribution < 1.29 is 23.7 Å². The molecule has 1 aliphatic rings. The third kappa shape index (κ3) is 4.96. The Morgan fingerprint density at radius 1 is 0.931 bits per heavy atom. The smallest absolute Gasteiger partial charge is 0.231 e. The molecule has 0 atom stereocenters. The SMILES string of the molecule is CCNC(=NCc1cc(OC)c(OC)c(OC)c1)NCc1ccc2c(c1)OCO2. The summed E-state index contributed by atoms with van der Waals surface area (Å²) in [5.74, 6) is 4.03. The fourth-order valence-corrected chi connectivity index (χ4v) is 2.98. The third-order valence-electron chi connectivity index (χ3n) is 4.39. The van der Waals surface area contributed by atoms with Gasteiger partial charge in [-0.25, -0.2) is 4.99 Å². The van der Waals surface area contributed by atoms with Crippen molar-refractivity contribution in [1.29, 1.82) is 0 Å². The van der Waals surface area contributed by atoms with Gasteiger partial charge in [-0.15, -0.1) is 0 Å². The predicted molar refractivity (Wildman–Crippen MR) is 110 cm³/mol. The molecule has 0 aromatic heterocycles. The highest BCUT2D eigenvalue weighted by atomic mass is 16.7. The number of methoxy groups -OCH3 is 3. The van der Waals surface area contributed by atoms with Gasteiger partial charge in [-0.05, 0) is 42.3 Å². The van der Waals surface area contributed by atoms with Crippen LogP contribution in [-0.4, -0.2) is 40.6 Å². The van der Waals surface area contributed by atoms with E-state index in [-0.39, 0.29) is 6.79 Å². The van der Waals surface area contributed by atoms with Crippen molar-refractivity contribution in [2.24, 2.45) is 4.99 Å². The van der Waals surface area contributed by atoms with Crippen LogP contribution in [0.2, 0.25) is 0 Å². The normalized spacial score (nSPS) is 12.5. The number of benzene rings is 2. The number of hydrogen-bond donors (Lipinski definition) is 2. The van der Waals surface area contributed by atoms with Gasteiger partial charge in [0.1, 0.15) is 0 Å². The van der Waals surface area contributed by atoms with E-state index in [1.165, 1.54) is 0 Å². The van der Waals surface area contributed by atoms with Crippen molar-refractivity contribution in [2.75, 3.05) is 34.7 Å². The van der Waals surface area contributed by atoms with Gasteiger partial charge >= 0.3 is 0 Å². The summed E-state index contributed by atoms with van der Waals surface area (Å²) in [7, 11) is 4.78. The standard InChI is InChI=1S/C21H27N3O5/c1-5-22-21(23-11-14-6-7-16-17(8-14)29-13-28-16)24-12-15-9-18(25-2)20(27-4)19(10-15)26-3/h6-10H,5,11-13H2,1-4H3,(H2,22,23,24). The molecule has 0 radical (unpaired) electrons. The van der Waals surface area contributed by atoms with Crippen LogP contribution in [-0.2, 0) is 13.1 Å². The average Bonchev–Trinajstić information content (AvgIpc) is 3.22. The van der Waals surface area contributed by atoms with Crippen molar-refractivity contribution in [3.05, 3.63) is 41.5 Å². The van der Waals surface area contributed by atoms with Crippen LogP contribution in [0.25, 0.3) is 0 Å². The summed E-state index contributed by atoms with van der Waals surface area (Å²) in [6.45, 7) is 4.11. The van der Waals surface area contributed by atoms with Crippen LogP contribution in [0.15, 0.2) is 35.3 Å². The summed E-state index contributed by atoms with van der Waals surface area (Å²) in [5.41, 5.74) is 2.02. The Kier molecular flexibility index (Phi) is 6.89. The number of aliphatic imine (C=N–C) groups is 1. The molecule has 1 heterocycles. The van der Waals surface area contributed by atoms with E-state index in [1.807, 2.05) is 37.3 Å². The van der Waals surface area contributed by atoms with E-state index < -0.39 is 0 Å². The molecule has 0 aliphatic carbocycles. The van der Waals surface area contributed by atoms with Gasteiger partial charge in [-0.1, -0.05) is 6.07 Å². The minimum atomic E-state index is 0.269. The molecule has 29 heavy (non-hydrogen) atoms. The van der Waals surface area contributed by atoms with Gasteiger partial charge in [0.25, 0.3) is 0 Å². The molecule has 0 saturated heterocycles. The van der Waals surface area contributed by atoms with Gasteiger partial charge in [0, 0.05) is 13.1 Å². The first kappa shape index (κ1) is 20.4. The quantitative estimate of drug-likeness (QED) is 0.520. The van der Waals surface area contributed by atoms with Crippen molar-refractivity contribution in [3.8, 4) is 28.7 Å². The van der Waals surface area contributed by atoms with Gasteiger partial charge < -0.3 is 34.3 Å². The second-order valence-electron chi connectivity index (χ2n) is 6.27. The van der Waals surface area contributed by atoms with Crippen LogP contribution in [0.4, 0.5) is 0 Å². The second kappa shape index (κ2) is 9.77. The highest BCUT2D eigenvalue weighted by Crippen LogP contribution is 2.38. The number of nitrogens with zero attached hydrogens (tertiary/aromatic N) is 1. The molecule has 8 nitrogen and oxygen atoms in total.